The molecule has 2 heterocycles. The predicted octanol–water partition coefficient (Wildman–Crippen LogP) is 3.63. The summed E-state index contributed by atoms with van der Waals surface area (Å²) in [5, 5.41) is 3.36. The molecular formula is C16H22N2O2. The number of aromatic nitrogens is 1. The fraction of sp³-hybridized carbons (Fsp3) is 0.438. The van der Waals surface area contributed by atoms with Crippen molar-refractivity contribution in [2.75, 3.05) is 6.61 Å². The van der Waals surface area contributed by atoms with Gasteiger partial charge in [-0.05, 0) is 18.6 Å². The summed E-state index contributed by atoms with van der Waals surface area (Å²) in [6.07, 6.45) is 6.28. The largest absolute Gasteiger partial charge is 0.492 e. The molecule has 4 heteroatoms. The van der Waals surface area contributed by atoms with Gasteiger partial charge in [0.25, 0.3) is 0 Å². The Kier molecular flexibility index (Phi) is 5.18. The Bertz CT molecular complexity index is 535. The van der Waals surface area contributed by atoms with Crippen molar-refractivity contribution in [1.29, 1.82) is 0 Å². The molecule has 0 radical (unpaired) electrons. The Morgan fingerprint density at radius 3 is 2.95 bits per heavy atom. The lowest BCUT2D eigenvalue weighted by atomic mass is 10.1. The fourth-order valence-corrected chi connectivity index (χ4v) is 1.90. The van der Waals surface area contributed by atoms with Gasteiger partial charge < -0.3 is 14.5 Å². The molecule has 0 spiro atoms. The molecule has 0 bridgehead atoms. The summed E-state index contributed by atoms with van der Waals surface area (Å²) in [6, 6.07) is 4.40. The van der Waals surface area contributed by atoms with Crippen LogP contribution in [-0.4, -0.2) is 17.6 Å². The van der Waals surface area contributed by atoms with Crippen LogP contribution in [0.15, 0.2) is 35.2 Å². The summed E-state index contributed by atoms with van der Waals surface area (Å²) < 4.78 is 11.2. The normalized spacial score (nSPS) is 11.0. The van der Waals surface area contributed by atoms with E-state index in [0.29, 0.717) is 19.2 Å². The number of pyridine rings is 1. The fourth-order valence-electron chi connectivity index (χ4n) is 1.90. The van der Waals surface area contributed by atoms with Crippen molar-refractivity contribution in [3.05, 3.63) is 36.5 Å². The van der Waals surface area contributed by atoms with Gasteiger partial charge in [-0.1, -0.05) is 20.8 Å². The molecule has 0 saturated heterocycles. The van der Waals surface area contributed by atoms with Gasteiger partial charge in [0.15, 0.2) is 0 Å². The topological polar surface area (TPSA) is 47.3 Å². The van der Waals surface area contributed by atoms with Crippen LogP contribution in [0.1, 0.15) is 33.0 Å². The van der Waals surface area contributed by atoms with Crippen molar-refractivity contribution in [2.24, 2.45) is 0 Å². The Morgan fingerprint density at radius 1 is 1.35 bits per heavy atom. The number of furan rings is 1. The first-order chi connectivity index (χ1) is 9.70. The van der Waals surface area contributed by atoms with Crippen LogP contribution in [0.25, 0.3) is 11.1 Å². The van der Waals surface area contributed by atoms with E-state index in [-0.39, 0.29) is 0 Å². The van der Waals surface area contributed by atoms with Crippen molar-refractivity contribution in [2.45, 2.75) is 39.8 Å². The zero-order chi connectivity index (χ0) is 14.4. The van der Waals surface area contributed by atoms with Crippen LogP contribution in [0.5, 0.6) is 5.75 Å². The molecule has 1 N–H and O–H groups in total. The van der Waals surface area contributed by atoms with Gasteiger partial charge in [-0.2, -0.15) is 0 Å². The summed E-state index contributed by atoms with van der Waals surface area (Å²) >= 11 is 0. The summed E-state index contributed by atoms with van der Waals surface area (Å²) in [7, 11) is 0. The Balaban J connectivity index is 2.16. The molecule has 2 aromatic rings. The molecule has 0 aliphatic heterocycles. The van der Waals surface area contributed by atoms with Crippen LogP contribution in [0.4, 0.5) is 0 Å². The first-order valence-corrected chi connectivity index (χ1v) is 7.08. The maximum absolute atomic E-state index is 5.62. The van der Waals surface area contributed by atoms with Crippen molar-refractivity contribution in [3.63, 3.8) is 0 Å². The maximum atomic E-state index is 5.62. The van der Waals surface area contributed by atoms with Crippen LogP contribution in [0.2, 0.25) is 0 Å². The quantitative estimate of drug-likeness (QED) is 0.837. The van der Waals surface area contributed by atoms with Gasteiger partial charge in [0.1, 0.15) is 11.5 Å². The minimum absolute atomic E-state index is 0.422. The molecule has 0 aliphatic rings. The predicted molar refractivity (Wildman–Crippen MR) is 79.7 cm³/mol. The molecule has 2 aromatic heterocycles. The summed E-state index contributed by atoms with van der Waals surface area (Å²) in [4.78, 5) is 4.24. The number of nitrogens with one attached hydrogen (secondary N) is 1. The second kappa shape index (κ2) is 7.10. The zero-order valence-electron chi connectivity index (χ0n) is 12.3. The average Bonchev–Trinajstić information content (AvgIpc) is 2.91. The van der Waals surface area contributed by atoms with Crippen LogP contribution >= 0.6 is 0 Å². The minimum Gasteiger partial charge on any atom is -0.492 e. The van der Waals surface area contributed by atoms with Crippen LogP contribution < -0.4 is 10.1 Å². The molecule has 0 aliphatic carbocycles. The van der Waals surface area contributed by atoms with E-state index >= 15 is 0 Å². The monoisotopic (exact) mass is 274 g/mol. The third-order valence-corrected chi connectivity index (χ3v) is 2.91. The van der Waals surface area contributed by atoms with E-state index in [9.17, 15) is 0 Å². The maximum Gasteiger partial charge on any atom is 0.138 e. The first kappa shape index (κ1) is 14.6. The van der Waals surface area contributed by atoms with E-state index in [1.54, 1.807) is 12.5 Å². The molecule has 0 aromatic carbocycles. The standard InChI is InChI=1S/C16H22N2O2/c1-4-6-19-14-8-13(9-17-10-14)15-5-7-20-16(15)11-18-12(2)3/h5,7-10,12,18H,4,6,11H2,1-3H3. The summed E-state index contributed by atoms with van der Waals surface area (Å²) in [5.74, 6) is 1.72. The van der Waals surface area contributed by atoms with Gasteiger partial charge in [-0.25, -0.2) is 0 Å². The van der Waals surface area contributed by atoms with Gasteiger partial charge in [-0.15, -0.1) is 0 Å². The van der Waals surface area contributed by atoms with E-state index in [2.05, 4.69) is 31.1 Å². The van der Waals surface area contributed by atoms with Crippen molar-refractivity contribution < 1.29 is 9.15 Å². The number of hydrogen-bond donors (Lipinski definition) is 1. The van der Waals surface area contributed by atoms with Gasteiger partial charge in [0, 0.05) is 23.4 Å². The molecule has 108 valence electrons. The van der Waals surface area contributed by atoms with Crippen LogP contribution in [0, 0.1) is 0 Å². The molecule has 2 rings (SSSR count). The van der Waals surface area contributed by atoms with Crippen molar-refractivity contribution >= 4 is 0 Å². The molecule has 20 heavy (non-hydrogen) atoms. The lowest BCUT2D eigenvalue weighted by molar-refractivity contribution is 0.316. The SMILES string of the molecule is CCCOc1cncc(-c2ccoc2CNC(C)C)c1. The number of hydrogen-bond acceptors (Lipinski definition) is 4. The number of ether oxygens (including phenoxy) is 1. The molecule has 0 atom stereocenters. The third-order valence-electron chi connectivity index (χ3n) is 2.91. The van der Waals surface area contributed by atoms with E-state index in [4.69, 9.17) is 9.15 Å². The molecule has 0 saturated carbocycles. The number of nitrogens with zero attached hydrogens (tertiary/aromatic N) is 1. The average molecular weight is 274 g/mol. The highest BCUT2D eigenvalue weighted by Gasteiger charge is 2.10. The summed E-state index contributed by atoms with van der Waals surface area (Å²) in [6.45, 7) is 7.73. The molecular weight excluding hydrogens is 252 g/mol. The van der Waals surface area contributed by atoms with E-state index in [0.717, 1.165) is 29.1 Å². The van der Waals surface area contributed by atoms with E-state index in [1.165, 1.54) is 0 Å². The van der Waals surface area contributed by atoms with E-state index in [1.807, 2.05) is 18.3 Å². The Hall–Kier alpha value is -1.81. The van der Waals surface area contributed by atoms with E-state index < -0.39 is 0 Å². The third kappa shape index (κ3) is 3.84. The highest BCUT2D eigenvalue weighted by molar-refractivity contribution is 5.65. The minimum atomic E-state index is 0.422. The molecule has 0 unspecified atom stereocenters. The number of rotatable bonds is 7. The van der Waals surface area contributed by atoms with Gasteiger partial charge >= 0.3 is 0 Å². The lowest BCUT2D eigenvalue weighted by Gasteiger charge is -2.09. The highest BCUT2D eigenvalue weighted by Crippen LogP contribution is 2.27. The van der Waals surface area contributed by atoms with Crippen LogP contribution in [0.3, 0.4) is 0 Å². The Labute approximate surface area is 120 Å². The van der Waals surface area contributed by atoms with Gasteiger partial charge in [0.05, 0.1) is 25.6 Å². The van der Waals surface area contributed by atoms with Crippen molar-refractivity contribution in [3.8, 4) is 16.9 Å². The summed E-state index contributed by atoms with van der Waals surface area (Å²) in [5.41, 5.74) is 2.08. The second-order valence-corrected chi connectivity index (χ2v) is 5.05. The van der Waals surface area contributed by atoms with Gasteiger partial charge in [0.2, 0.25) is 0 Å². The first-order valence-electron chi connectivity index (χ1n) is 7.08. The highest BCUT2D eigenvalue weighted by atomic mass is 16.5. The zero-order valence-corrected chi connectivity index (χ0v) is 12.3. The van der Waals surface area contributed by atoms with Crippen molar-refractivity contribution in [1.82, 2.24) is 10.3 Å². The lowest BCUT2D eigenvalue weighted by Crippen LogP contribution is -2.21. The second-order valence-electron chi connectivity index (χ2n) is 5.05. The van der Waals surface area contributed by atoms with Crippen LogP contribution in [-0.2, 0) is 6.54 Å². The Morgan fingerprint density at radius 2 is 2.20 bits per heavy atom. The van der Waals surface area contributed by atoms with Gasteiger partial charge in [-0.3, -0.25) is 4.98 Å². The molecule has 0 fully saturated rings. The molecule has 4 nitrogen and oxygen atoms in total. The molecule has 0 amide bonds. The smallest absolute Gasteiger partial charge is 0.138 e.